The molecule has 0 aliphatic heterocycles. The molecule has 7 nitrogen and oxygen atoms in total. The fourth-order valence-electron chi connectivity index (χ4n) is 2.99. The van der Waals surface area contributed by atoms with Crippen molar-refractivity contribution in [2.45, 2.75) is 43.5 Å². The van der Waals surface area contributed by atoms with E-state index in [1.54, 1.807) is 48.8 Å². The molecule has 3 rings (SSSR count). The van der Waals surface area contributed by atoms with Crippen molar-refractivity contribution in [3.63, 3.8) is 0 Å². The van der Waals surface area contributed by atoms with E-state index in [1.807, 2.05) is 12.1 Å². The molecule has 0 fully saturated rings. The molecule has 0 aliphatic carbocycles. The lowest BCUT2D eigenvalue weighted by atomic mass is 9.87. The fourth-order valence-corrected chi connectivity index (χ4v) is 4.37. The number of nitrogens with zero attached hydrogens (tertiary/aromatic N) is 3. The van der Waals surface area contributed by atoms with Gasteiger partial charge in [-0.3, -0.25) is 9.71 Å². The van der Waals surface area contributed by atoms with Crippen molar-refractivity contribution >= 4 is 31.8 Å². The molecule has 0 saturated heterocycles. The van der Waals surface area contributed by atoms with E-state index in [0.29, 0.717) is 15.7 Å². The van der Waals surface area contributed by atoms with Crippen LogP contribution in [0.1, 0.15) is 43.6 Å². The molecule has 1 N–H and O–H groups in total. The molecule has 1 aromatic carbocycles. The molecule has 0 saturated carbocycles. The largest absolute Gasteiger partial charge is 0.264 e. The molecule has 3 aromatic rings. The van der Waals surface area contributed by atoms with Crippen LogP contribution >= 0.6 is 15.9 Å². The van der Waals surface area contributed by atoms with Gasteiger partial charge in [-0.25, -0.2) is 13.4 Å². The van der Waals surface area contributed by atoms with Gasteiger partial charge in [-0.05, 0) is 62.8 Å². The first-order chi connectivity index (χ1) is 14.6. The number of halogens is 1. The highest BCUT2D eigenvalue weighted by Gasteiger charge is 2.20. The second-order valence-corrected chi connectivity index (χ2v) is 10.7. The molecule has 1 unspecified atom stereocenters. The van der Waals surface area contributed by atoms with Crippen LogP contribution in [-0.4, -0.2) is 18.4 Å². The van der Waals surface area contributed by atoms with Gasteiger partial charge in [0.25, 0.3) is 10.0 Å². The average molecular weight is 503 g/mol. The van der Waals surface area contributed by atoms with Crippen LogP contribution in [0.2, 0.25) is 0 Å². The number of anilines is 1. The summed E-state index contributed by atoms with van der Waals surface area (Å²) >= 11 is 3.41. The normalized spacial score (nSPS) is 12.9. The van der Waals surface area contributed by atoms with Crippen LogP contribution < -0.4 is 4.72 Å². The first-order valence-corrected chi connectivity index (χ1v) is 11.9. The maximum absolute atomic E-state index is 12.8. The van der Waals surface area contributed by atoms with E-state index in [9.17, 15) is 13.3 Å². The second-order valence-electron chi connectivity index (χ2n) is 8.12. The minimum Gasteiger partial charge on any atom is -0.264 e. The molecule has 0 spiro atoms. The smallest absolute Gasteiger partial charge is 0.263 e. The van der Waals surface area contributed by atoms with Gasteiger partial charge in [-0.2, -0.15) is 4.91 Å². The van der Waals surface area contributed by atoms with Crippen LogP contribution in [0.4, 0.5) is 5.82 Å². The third-order valence-corrected chi connectivity index (χ3v) is 6.86. The number of sulfonamides is 1. The Morgan fingerprint density at radius 3 is 2.39 bits per heavy atom. The highest BCUT2D eigenvalue weighted by Crippen LogP contribution is 2.27. The van der Waals surface area contributed by atoms with Crippen LogP contribution in [0.15, 0.2) is 75.5 Å². The monoisotopic (exact) mass is 502 g/mol. The van der Waals surface area contributed by atoms with Crippen molar-refractivity contribution in [1.29, 1.82) is 0 Å². The Hall–Kier alpha value is -2.65. The van der Waals surface area contributed by atoms with Gasteiger partial charge in [0.05, 0.1) is 10.6 Å². The summed E-state index contributed by atoms with van der Waals surface area (Å²) < 4.78 is 28.8. The van der Waals surface area contributed by atoms with E-state index >= 15 is 0 Å². The van der Waals surface area contributed by atoms with Crippen LogP contribution in [0.25, 0.3) is 0 Å². The van der Waals surface area contributed by atoms with E-state index in [2.05, 4.69) is 56.6 Å². The Kier molecular flexibility index (Phi) is 6.86. The summed E-state index contributed by atoms with van der Waals surface area (Å²) in [4.78, 5) is 19.9. The molecule has 162 valence electrons. The van der Waals surface area contributed by atoms with Gasteiger partial charge < -0.3 is 0 Å². The topological polar surface area (TPSA) is 101 Å². The average Bonchev–Trinajstić information content (AvgIpc) is 2.74. The number of nitrogens with one attached hydrogen (secondary N) is 1. The Labute approximate surface area is 190 Å². The van der Waals surface area contributed by atoms with E-state index in [-0.39, 0.29) is 22.5 Å². The number of hydrogen-bond acceptors (Lipinski definition) is 6. The zero-order valence-electron chi connectivity index (χ0n) is 17.4. The van der Waals surface area contributed by atoms with E-state index < -0.39 is 16.1 Å². The quantitative estimate of drug-likeness (QED) is 0.436. The lowest BCUT2D eigenvalue weighted by molar-refractivity contribution is 0.587. The van der Waals surface area contributed by atoms with E-state index in [4.69, 9.17) is 0 Å². The van der Waals surface area contributed by atoms with Gasteiger partial charge >= 0.3 is 0 Å². The molecule has 0 bridgehead atoms. The molecule has 1 atom stereocenters. The fraction of sp³-hybridized carbons (Fsp3) is 0.273. The number of hydrogen-bond donors (Lipinski definition) is 1. The van der Waals surface area contributed by atoms with Crippen LogP contribution in [0, 0.1) is 4.91 Å². The van der Waals surface area contributed by atoms with E-state index in [1.165, 1.54) is 0 Å². The third kappa shape index (κ3) is 5.74. The third-order valence-electron chi connectivity index (χ3n) is 4.77. The molecule has 2 heterocycles. The lowest BCUT2D eigenvalue weighted by Gasteiger charge is -2.19. The summed E-state index contributed by atoms with van der Waals surface area (Å²) in [5.74, 6) is 0.161. The molecule has 9 heteroatoms. The Morgan fingerprint density at radius 2 is 1.81 bits per heavy atom. The first-order valence-electron chi connectivity index (χ1n) is 9.61. The number of nitroso groups, excluding NO2 is 1. The maximum Gasteiger partial charge on any atom is 0.263 e. The summed E-state index contributed by atoms with van der Waals surface area (Å²) in [5, 5.41) is 3.18. The van der Waals surface area contributed by atoms with Gasteiger partial charge in [0.1, 0.15) is 11.9 Å². The zero-order chi connectivity index (χ0) is 22.6. The van der Waals surface area contributed by atoms with Gasteiger partial charge in [-0.1, -0.05) is 44.1 Å². The van der Waals surface area contributed by atoms with Gasteiger partial charge in [0.15, 0.2) is 0 Å². The van der Waals surface area contributed by atoms with Crippen LogP contribution in [0.5, 0.6) is 0 Å². The summed E-state index contributed by atoms with van der Waals surface area (Å²) in [7, 11) is -3.81. The minimum atomic E-state index is -3.81. The Bertz CT molecular complexity index is 1160. The summed E-state index contributed by atoms with van der Waals surface area (Å²) in [6.45, 7) is 6.19. The second kappa shape index (κ2) is 9.23. The predicted octanol–water partition coefficient (Wildman–Crippen LogP) is 5.39. The molecule has 0 aliphatic rings. The molecule has 2 aromatic heterocycles. The van der Waals surface area contributed by atoms with Gasteiger partial charge in [0.2, 0.25) is 0 Å². The van der Waals surface area contributed by atoms with Crippen molar-refractivity contribution in [2.24, 2.45) is 5.18 Å². The SMILES string of the molecule is CC(C)(C)c1ccc(S(=O)(=O)Nc2ccc(Br)c(CC(N=O)c3cccnc3)n2)cc1. The predicted molar refractivity (Wildman–Crippen MR) is 124 cm³/mol. The summed E-state index contributed by atoms with van der Waals surface area (Å²) in [5.41, 5.74) is 2.14. The molecular weight excluding hydrogens is 480 g/mol. The minimum absolute atomic E-state index is 0.0741. The highest BCUT2D eigenvalue weighted by molar-refractivity contribution is 9.10. The van der Waals surface area contributed by atoms with Crippen molar-refractivity contribution in [2.75, 3.05) is 4.72 Å². The van der Waals surface area contributed by atoms with Crippen LogP contribution in [0.3, 0.4) is 0 Å². The zero-order valence-corrected chi connectivity index (χ0v) is 19.8. The number of rotatable bonds is 7. The van der Waals surface area contributed by atoms with Crippen molar-refractivity contribution in [3.05, 3.63) is 87.1 Å². The number of pyridine rings is 2. The highest BCUT2D eigenvalue weighted by atomic mass is 79.9. The number of benzene rings is 1. The molecule has 0 amide bonds. The van der Waals surface area contributed by atoms with E-state index in [0.717, 1.165) is 5.56 Å². The van der Waals surface area contributed by atoms with Crippen molar-refractivity contribution < 1.29 is 8.42 Å². The summed E-state index contributed by atoms with van der Waals surface area (Å²) in [6, 6.07) is 12.8. The van der Waals surface area contributed by atoms with Crippen LogP contribution in [-0.2, 0) is 21.9 Å². The standard InChI is InChI=1S/C22H23BrN4O3S/c1-22(2,3)16-6-8-17(9-7-16)31(29,30)27-21-11-10-18(23)20(25-21)13-19(26-28)15-5-4-12-24-14-15/h4-12,14,19H,13H2,1-3H3,(H,25,27). The lowest BCUT2D eigenvalue weighted by Crippen LogP contribution is -2.16. The molecule has 31 heavy (non-hydrogen) atoms. The summed E-state index contributed by atoms with van der Waals surface area (Å²) in [6.07, 6.45) is 3.39. The number of aromatic nitrogens is 2. The maximum atomic E-state index is 12.8. The van der Waals surface area contributed by atoms with Crippen molar-refractivity contribution in [1.82, 2.24) is 9.97 Å². The van der Waals surface area contributed by atoms with Gasteiger partial charge in [0, 0.05) is 23.3 Å². The van der Waals surface area contributed by atoms with Crippen molar-refractivity contribution in [3.8, 4) is 0 Å². The molecule has 0 radical (unpaired) electrons. The Balaban J connectivity index is 1.83. The van der Waals surface area contributed by atoms with Gasteiger partial charge in [-0.15, -0.1) is 0 Å². The molecular formula is C22H23BrN4O3S. The first kappa shape index (κ1) is 23.0. The Morgan fingerprint density at radius 1 is 1.10 bits per heavy atom.